The number of rotatable bonds is 5. The first kappa shape index (κ1) is 16.5. The fourth-order valence-electron chi connectivity index (χ4n) is 1.38. The zero-order valence-electron chi connectivity index (χ0n) is 11.1. The number of benzene rings is 1. The van der Waals surface area contributed by atoms with Crippen LogP contribution in [-0.4, -0.2) is 6.29 Å². The highest BCUT2D eigenvalue weighted by Crippen LogP contribution is 2.31. The van der Waals surface area contributed by atoms with Crippen LogP contribution in [0.25, 0.3) is 0 Å². The molecule has 110 valence electrons. The van der Waals surface area contributed by atoms with Gasteiger partial charge < -0.3 is 9.53 Å². The zero-order valence-corrected chi connectivity index (χ0v) is 11.1. The summed E-state index contributed by atoms with van der Waals surface area (Å²) in [6.07, 6.45) is -0.862. The Morgan fingerprint density at radius 2 is 2.14 bits per heavy atom. The molecule has 3 nitrogen and oxygen atoms in total. The number of alkyl halides is 3. The molecule has 0 fully saturated rings. The van der Waals surface area contributed by atoms with Crippen LogP contribution >= 0.6 is 0 Å². The van der Waals surface area contributed by atoms with Crippen molar-refractivity contribution in [2.75, 3.05) is 0 Å². The highest BCUT2D eigenvalue weighted by Gasteiger charge is 2.30. The molecule has 0 amide bonds. The van der Waals surface area contributed by atoms with Gasteiger partial charge in [0.1, 0.15) is 17.8 Å². The van der Waals surface area contributed by atoms with Gasteiger partial charge in [0.05, 0.1) is 17.2 Å². The summed E-state index contributed by atoms with van der Waals surface area (Å²) in [6, 6.07) is 6.19. The molecule has 6 heteroatoms. The van der Waals surface area contributed by atoms with E-state index in [9.17, 15) is 18.0 Å². The average Bonchev–Trinajstić information content (AvgIpc) is 2.45. The van der Waals surface area contributed by atoms with E-state index >= 15 is 0 Å². The third-order valence-electron chi connectivity index (χ3n) is 2.43. The first-order valence-corrected chi connectivity index (χ1v) is 5.94. The van der Waals surface area contributed by atoms with Crippen molar-refractivity contribution in [3.8, 4) is 11.8 Å². The van der Waals surface area contributed by atoms with Gasteiger partial charge in [0.25, 0.3) is 0 Å². The predicted octanol–water partition coefficient (Wildman–Crippen LogP) is 4.03. The average molecular weight is 295 g/mol. The van der Waals surface area contributed by atoms with Crippen LogP contribution in [0.2, 0.25) is 0 Å². The Morgan fingerprint density at radius 3 is 2.71 bits per heavy atom. The molecule has 1 aromatic rings. The third kappa shape index (κ3) is 5.15. The van der Waals surface area contributed by atoms with E-state index < -0.39 is 11.7 Å². The standard InChI is InChI=1S/C15H12F3NO2/c1-11(10-19)14(7-2-3-8-20)21-13-6-4-5-12(9-13)15(16,17)18/h2,4-9H,3H2,1H3/b7-2-,14-11-. The molecule has 0 aliphatic heterocycles. The fourth-order valence-corrected chi connectivity index (χ4v) is 1.38. The van der Waals surface area contributed by atoms with E-state index in [1.54, 1.807) is 0 Å². The van der Waals surface area contributed by atoms with Crippen molar-refractivity contribution in [2.24, 2.45) is 0 Å². The van der Waals surface area contributed by atoms with Gasteiger partial charge in [-0.2, -0.15) is 18.4 Å². The van der Waals surface area contributed by atoms with E-state index in [1.807, 2.05) is 6.07 Å². The molecule has 0 atom stereocenters. The number of nitrogens with zero attached hydrogens (tertiary/aromatic N) is 1. The molecule has 0 saturated carbocycles. The van der Waals surface area contributed by atoms with E-state index in [4.69, 9.17) is 10.00 Å². The topological polar surface area (TPSA) is 50.1 Å². The van der Waals surface area contributed by atoms with E-state index in [0.717, 1.165) is 12.1 Å². The highest BCUT2D eigenvalue weighted by atomic mass is 19.4. The quantitative estimate of drug-likeness (QED) is 0.357. The molecule has 0 aromatic heterocycles. The normalized spacial score (nSPS) is 12.7. The molecule has 0 radical (unpaired) electrons. The van der Waals surface area contributed by atoms with Crippen LogP contribution in [0.5, 0.6) is 5.75 Å². The summed E-state index contributed by atoms with van der Waals surface area (Å²) >= 11 is 0. The van der Waals surface area contributed by atoms with Gasteiger partial charge in [0.15, 0.2) is 0 Å². The van der Waals surface area contributed by atoms with Crippen LogP contribution in [0.1, 0.15) is 18.9 Å². The summed E-state index contributed by atoms with van der Waals surface area (Å²) in [5.41, 5.74) is -0.652. The van der Waals surface area contributed by atoms with Crippen molar-refractivity contribution in [1.82, 2.24) is 0 Å². The number of aldehydes is 1. The van der Waals surface area contributed by atoms with E-state index in [0.29, 0.717) is 6.29 Å². The monoisotopic (exact) mass is 295 g/mol. The molecule has 1 aromatic carbocycles. The molecule has 0 aliphatic rings. The number of hydrogen-bond donors (Lipinski definition) is 0. The number of ether oxygens (including phenoxy) is 1. The zero-order chi connectivity index (χ0) is 15.9. The Kier molecular flexibility index (Phi) is 5.73. The lowest BCUT2D eigenvalue weighted by Gasteiger charge is -2.11. The molecule has 0 saturated heterocycles. The van der Waals surface area contributed by atoms with Crippen molar-refractivity contribution in [3.05, 3.63) is 53.3 Å². The largest absolute Gasteiger partial charge is 0.456 e. The van der Waals surface area contributed by atoms with Gasteiger partial charge in [-0.15, -0.1) is 0 Å². The second kappa shape index (κ2) is 7.29. The van der Waals surface area contributed by atoms with Gasteiger partial charge in [-0.25, -0.2) is 0 Å². The molecular weight excluding hydrogens is 283 g/mol. The van der Waals surface area contributed by atoms with Crippen LogP contribution < -0.4 is 4.74 Å². The van der Waals surface area contributed by atoms with Crippen molar-refractivity contribution in [1.29, 1.82) is 5.26 Å². The highest BCUT2D eigenvalue weighted by molar-refractivity contribution is 5.52. The van der Waals surface area contributed by atoms with Gasteiger partial charge in [0, 0.05) is 6.42 Å². The van der Waals surface area contributed by atoms with Crippen LogP contribution in [0.4, 0.5) is 13.2 Å². The van der Waals surface area contributed by atoms with Crippen molar-refractivity contribution < 1.29 is 22.7 Å². The minimum absolute atomic E-state index is 0.0369. The molecule has 0 heterocycles. The summed E-state index contributed by atoms with van der Waals surface area (Å²) in [5.74, 6) is 0.0591. The maximum atomic E-state index is 12.6. The van der Waals surface area contributed by atoms with Crippen LogP contribution in [0, 0.1) is 11.3 Å². The van der Waals surface area contributed by atoms with Crippen LogP contribution in [-0.2, 0) is 11.0 Å². The van der Waals surface area contributed by atoms with Gasteiger partial charge in [-0.3, -0.25) is 0 Å². The summed E-state index contributed by atoms with van der Waals surface area (Å²) in [4.78, 5) is 10.2. The lowest BCUT2D eigenvalue weighted by atomic mass is 10.2. The summed E-state index contributed by atoms with van der Waals surface area (Å²) in [6.45, 7) is 1.47. The Hall–Kier alpha value is -2.55. The Balaban J connectivity index is 3.06. The number of carbonyl (C=O) groups is 1. The van der Waals surface area contributed by atoms with Gasteiger partial charge in [-0.1, -0.05) is 12.1 Å². The Bertz CT molecular complexity index is 610. The first-order chi connectivity index (χ1) is 9.88. The Labute approximate surface area is 120 Å². The second-order valence-corrected chi connectivity index (χ2v) is 4.03. The Morgan fingerprint density at radius 1 is 1.43 bits per heavy atom. The summed E-state index contributed by atoms with van der Waals surface area (Å²) < 4.78 is 43.1. The molecule has 0 spiro atoms. The SMILES string of the molecule is C/C(C#N)=C(\C=C/CC=O)Oc1cccc(C(F)(F)F)c1. The maximum Gasteiger partial charge on any atom is 0.416 e. The summed E-state index contributed by atoms with van der Waals surface area (Å²) in [5, 5.41) is 8.85. The van der Waals surface area contributed by atoms with Crippen molar-refractivity contribution in [3.63, 3.8) is 0 Å². The smallest absolute Gasteiger partial charge is 0.416 e. The molecule has 0 aliphatic carbocycles. The maximum absolute atomic E-state index is 12.6. The van der Waals surface area contributed by atoms with Crippen molar-refractivity contribution in [2.45, 2.75) is 19.5 Å². The predicted molar refractivity (Wildman–Crippen MR) is 70.2 cm³/mol. The number of halogens is 3. The number of allylic oxidation sites excluding steroid dienone is 3. The van der Waals surface area contributed by atoms with Crippen LogP contribution in [0.3, 0.4) is 0 Å². The summed E-state index contributed by atoms with van der Waals surface area (Å²) in [7, 11) is 0. The van der Waals surface area contributed by atoms with Gasteiger partial charge in [0.2, 0.25) is 0 Å². The lowest BCUT2D eigenvalue weighted by Crippen LogP contribution is -2.05. The number of hydrogen-bond acceptors (Lipinski definition) is 3. The van der Waals surface area contributed by atoms with E-state index in [1.165, 1.54) is 31.2 Å². The van der Waals surface area contributed by atoms with Crippen LogP contribution in [0.15, 0.2) is 47.7 Å². The van der Waals surface area contributed by atoms with Gasteiger partial charge >= 0.3 is 6.18 Å². The fraction of sp³-hybridized carbons (Fsp3) is 0.200. The number of carbonyl (C=O) groups excluding carboxylic acids is 1. The first-order valence-electron chi connectivity index (χ1n) is 5.94. The van der Waals surface area contributed by atoms with Crippen molar-refractivity contribution >= 4 is 6.29 Å². The van der Waals surface area contributed by atoms with Gasteiger partial charge in [-0.05, 0) is 31.2 Å². The van der Waals surface area contributed by atoms with E-state index in [-0.39, 0.29) is 23.5 Å². The molecule has 21 heavy (non-hydrogen) atoms. The van der Waals surface area contributed by atoms with E-state index in [2.05, 4.69) is 0 Å². The minimum Gasteiger partial charge on any atom is -0.456 e. The lowest BCUT2D eigenvalue weighted by molar-refractivity contribution is -0.137. The second-order valence-electron chi connectivity index (χ2n) is 4.03. The molecule has 0 N–H and O–H groups in total. The third-order valence-corrected chi connectivity index (χ3v) is 2.43. The number of nitriles is 1. The molecular formula is C15H12F3NO2. The minimum atomic E-state index is -4.47. The molecule has 1 rings (SSSR count). The molecule has 0 bridgehead atoms. The molecule has 0 unspecified atom stereocenters.